The van der Waals surface area contributed by atoms with Gasteiger partial charge >= 0.3 is 23.5 Å². The molecule has 10 N–H and O–H groups in total. The summed E-state index contributed by atoms with van der Waals surface area (Å²) < 4.78 is 51.6. The van der Waals surface area contributed by atoms with Crippen molar-refractivity contribution in [3.05, 3.63) is 16.2 Å². The minimum Gasteiger partial charge on any atom is -0.394 e. The van der Waals surface area contributed by atoms with E-state index in [0.717, 1.165) is 0 Å². The number of H-pyrrole nitrogens is 2. The van der Waals surface area contributed by atoms with Crippen molar-refractivity contribution in [3.8, 4) is 0 Å². The molecule has 2 aromatic rings. The van der Waals surface area contributed by atoms with Gasteiger partial charge in [-0.05, 0) is 0 Å². The number of aromatic nitrogens is 4. The predicted molar refractivity (Wildman–Crippen MR) is 98.4 cm³/mol. The van der Waals surface area contributed by atoms with Crippen molar-refractivity contribution in [1.82, 2.24) is 19.9 Å². The SMILES string of the molecule is Nc1nc2nc(C3O[C@H](CO)[C@@H](O)[C@@H]3OP(=O)(O)OP(=O)(O)OP(=O)(O)O)[nH]c2c(=O)[nH]1. The van der Waals surface area contributed by atoms with E-state index >= 15 is 0 Å². The molecule has 0 aromatic carbocycles. The number of hydrogen-bond donors (Lipinski definition) is 9. The zero-order valence-corrected chi connectivity index (χ0v) is 18.0. The number of nitrogens with two attached hydrogens (primary N) is 1. The van der Waals surface area contributed by atoms with Crippen LogP contribution in [0.4, 0.5) is 5.95 Å². The van der Waals surface area contributed by atoms with Gasteiger partial charge in [0.05, 0.1) is 6.61 Å². The molecule has 0 bridgehead atoms. The number of aliphatic hydroxyl groups is 2. The normalized spacial score (nSPS) is 27.9. The minimum atomic E-state index is -5.83. The van der Waals surface area contributed by atoms with E-state index in [0.29, 0.717) is 0 Å². The van der Waals surface area contributed by atoms with Crippen LogP contribution in [0.2, 0.25) is 0 Å². The molecule has 19 nitrogen and oxygen atoms in total. The number of nitrogens with one attached hydrogen (secondary N) is 2. The molecule has 1 aliphatic heterocycles. The van der Waals surface area contributed by atoms with Crippen molar-refractivity contribution in [3.63, 3.8) is 0 Å². The summed E-state index contributed by atoms with van der Waals surface area (Å²) in [6.07, 6.45) is -6.78. The Morgan fingerprint density at radius 1 is 1.06 bits per heavy atom. The number of ether oxygens (including phenoxy) is 1. The monoisotopic (exact) mass is 523 g/mol. The van der Waals surface area contributed by atoms with Crippen LogP contribution in [0.25, 0.3) is 11.2 Å². The van der Waals surface area contributed by atoms with Gasteiger partial charge < -0.3 is 45.2 Å². The highest BCUT2D eigenvalue weighted by atomic mass is 31.3. The molecule has 22 heteroatoms. The van der Waals surface area contributed by atoms with Gasteiger partial charge in [0.2, 0.25) is 5.95 Å². The molecular formula is C10H16N5O14P3. The third-order valence-corrected chi connectivity index (χ3v) is 7.69. The lowest BCUT2D eigenvalue weighted by Gasteiger charge is -2.23. The molecular weight excluding hydrogens is 507 g/mol. The van der Waals surface area contributed by atoms with Crippen molar-refractivity contribution in [2.45, 2.75) is 24.4 Å². The Hall–Kier alpha value is -1.56. The molecule has 0 amide bonds. The van der Waals surface area contributed by atoms with Gasteiger partial charge in [-0.25, -0.2) is 18.7 Å². The number of fused-ring (bicyclic) bond motifs is 1. The third-order valence-electron chi connectivity index (χ3n) is 3.86. The highest BCUT2D eigenvalue weighted by Gasteiger charge is 2.51. The number of anilines is 1. The van der Waals surface area contributed by atoms with Crippen molar-refractivity contribution in [2.24, 2.45) is 0 Å². The molecule has 0 spiro atoms. The lowest BCUT2D eigenvalue weighted by Crippen LogP contribution is -2.34. The number of hydrogen-bond acceptors (Lipinski definition) is 13. The first-order valence-corrected chi connectivity index (χ1v) is 12.6. The van der Waals surface area contributed by atoms with Crippen LogP contribution in [0.1, 0.15) is 11.9 Å². The summed E-state index contributed by atoms with van der Waals surface area (Å²) in [5.74, 6) is -0.576. The van der Waals surface area contributed by atoms with E-state index in [1.807, 2.05) is 0 Å². The summed E-state index contributed by atoms with van der Waals surface area (Å²) in [7, 11) is -17.1. The first-order chi connectivity index (χ1) is 14.6. The van der Waals surface area contributed by atoms with Gasteiger partial charge in [0.25, 0.3) is 5.56 Å². The molecule has 32 heavy (non-hydrogen) atoms. The highest BCUT2D eigenvalue weighted by molar-refractivity contribution is 7.66. The van der Waals surface area contributed by atoms with E-state index in [1.165, 1.54) is 0 Å². The fourth-order valence-corrected chi connectivity index (χ4v) is 5.96. The number of nitrogen functional groups attached to an aromatic ring is 1. The zero-order valence-electron chi connectivity index (χ0n) is 15.3. The van der Waals surface area contributed by atoms with Gasteiger partial charge in [0.1, 0.15) is 30.2 Å². The molecule has 6 atom stereocenters. The Labute approximate surface area is 175 Å². The molecule has 3 unspecified atom stereocenters. The van der Waals surface area contributed by atoms with Gasteiger partial charge in [-0.1, -0.05) is 0 Å². The van der Waals surface area contributed by atoms with E-state index in [9.17, 15) is 38.5 Å². The van der Waals surface area contributed by atoms with E-state index in [-0.39, 0.29) is 22.9 Å². The number of aromatic amines is 2. The summed E-state index contributed by atoms with van der Waals surface area (Å²) in [5, 5.41) is 19.6. The topological polar surface area (TPSA) is 310 Å². The second-order valence-corrected chi connectivity index (χ2v) is 10.6. The Kier molecular flexibility index (Phi) is 6.78. The summed E-state index contributed by atoms with van der Waals surface area (Å²) in [6.45, 7) is -0.820. The summed E-state index contributed by atoms with van der Waals surface area (Å²) in [5.41, 5.74) is 4.27. The van der Waals surface area contributed by atoms with Gasteiger partial charge in [-0.2, -0.15) is 13.6 Å². The second kappa shape index (κ2) is 8.66. The number of phosphoric ester groups is 1. The fraction of sp³-hybridized carbons (Fsp3) is 0.500. The molecule has 0 saturated carbocycles. The Morgan fingerprint density at radius 3 is 2.31 bits per heavy atom. The van der Waals surface area contributed by atoms with Gasteiger partial charge in [-0.15, -0.1) is 0 Å². The summed E-state index contributed by atoms with van der Waals surface area (Å²) in [4.78, 5) is 60.4. The average Bonchev–Trinajstić information content (AvgIpc) is 3.13. The number of imidazole rings is 1. The molecule has 0 radical (unpaired) electrons. The highest BCUT2D eigenvalue weighted by Crippen LogP contribution is 2.67. The van der Waals surface area contributed by atoms with Crippen LogP contribution < -0.4 is 11.3 Å². The summed E-state index contributed by atoms with van der Waals surface area (Å²) >= 11 is 0. The third kappa shape index (κ3) is 5.67. The largest absolute Gasteiger partial charge is 0.490 e. The molecule has 1 fully saturated rings. The van der Waals surface area contributed by atoms with E-state index in [4.69, 9.17) is 20.3 Å². The maximum absolute atomic E-state index is 12.2. The van der Waals surface area contributed by atoms with Crippen LogP contribution in [0.3, 0.4) is 0 Å². The number of aliphatic hydroxyl groups excluding tert-OH is 2. The summed E-state index contributed by atoms with van der Waals surface area (Å²) in [6, 6.07) is 0. The van der Waals surface area contributed by atoms with Crippen LogP contribution in [-0.2, 0) is 31.6 Å². The van der Waals surface area contributed by atoms with Crippen LogP contribution >= 0.6 is 23.5 Å². The predicted octanol–water partition coefficient (Wildman–Crippen LogP) is -2.27. The van der Waals surface area contributed by atoms with Crippen molar-refractivity contribution >= 4 is 40.6 Å². The standard InChI is InChI=1S/C10H16N5O14P3/c11-10-14-7-3(9(18)15-10)12-8(13-7)6-5(4(17)2(1-16)26-6)27-31(22,23)29-32(24,25)28-30(19,20)21/h2,4-6,16-17H,1H2,(H,22,23)(H,24,25)(H2,19,20,21)(H4,11,12,13,14,15,18)/t2-,4-,5+,6?/m1/s1. The van der Waals surface area contributed by atoms with Crippen LogP contribution in [0, 0.1) is 0 Å². The van der Waals surface area contributed by atoms with Gasteiger partial charge in [-0.3, -0.25) is 14.3 Å². The zero-order chi connectivity index (χ0) is 24.1. The molecule has 3 rings (SSSR count). The van der Waals surface area contributed by atoms with Crippen molar-refractivity contribution < 1.29 is 61.4 Å². The lowest BCUT2D eigenvalue weighted by atomic mass is 10.1. The second-order valence-electron chi connectivity index (χ2n) is 6.20. The molecule has 180 valence electrons. The van der Waals surface area contributed by atoms with Crippen LogP contribution in [-0.4, -0.2) is 74.6 Å². The fourth-order valence-electron chi connectivity index (χ4n) is 2.76. The maximum atomic E-state index is 12.2. The number of phosphoric acid groups is 3. The number of nitrogens with zero attached hydrogens (tertiary/aromatic N) is 2. The quantitative estimate of drug-likeness (QED) is 0.165. The number of rotatable bonds is 8. The lowest BCUT2D eigenvalue weighted by molar-refractivity contribution is -0.0249. The molecule has 0 aliphatic carbocycles. The minimum absolute atomic E-state index is 0.197. The van der Waals surface area contributed by atoms with E-state index in [2.05, 4.69) is 33.1 Å². The van der Waals surface area contributed by atoms with Gasteiger partial charge in [0, 0.05) is 0 Å². The van der Waals surface area contributed by atoms with Gasteiger partial charge in [0.15, 0.2) is 11.2 Å². The smallest absolute Gasteiger partial charge is 0.394 e. The Morgan fingerprint density at radius 2 is 1.72 bits per heavy atom. The van der Waals surface area contributed by atoms with Crippen molar-refractivity contribution in [1.29, 1.82) is 0 Å². The maximum Gasteiger partial charge on any atom is 0.490 e. The van der Waals surface area contributed by atoms with Crippen LogP contribution in [0.15, 0.2) is 4.79 Å². The van der Waals surface area contributed by atoms with E-state index < -0.39 is 60.1 Å². The molecule has 2 aromatic heterocycles. The molecule has 3 heterocycles. The van der Waals surface area contributed by atoms with Crippen LogP contribution in [0.5, 0.6) is 0 Å². The Bertz CT molecular complexity index is 1210. The molecule has 1 aliphatic rings. The first kappa shape index (κ1) is 25.1. The average molecular weight is 523 g/mol. The first-order valence-electron chi connectivity index (χ1n) is 8.13. The molecule has 1 saturated heterocycles. The Balaban J connectivity index is 1.91. The van der Waals surface area contributed by atoms with E-state index in [1.54, 1.807) is 0 Å². The van der Waals surface area contributed by atoms with Crippen molar-refractivity contribution in [2.75, 3.05) is 12.3 Å².